The molecule has 0 radical (unpaired) electrons. The Morgan fingerprint density at radius 1 is 0.875 bits per heavy atom. The zero-order valence-corrected chi connectivity index (χ0v) is 14.4. The standard InChI is InChI=1S/C19H25N3O2/c1-23-18-3-4-19(24-2)17(13-18)15-22-11-9-21(10-12-22)14-16-5-7-20-8-6-16/h3-8,13H,9-12,14-15H2,1-2H3. The smallest absolute Gasteiger partial charge is 0.123 e. The largest absolute Gasteiger partial charge is 0.497 e. The molecule has 1 aliphatic heterocycles. The molecule has 1 aromatic heterocycles. The van der Waals surface area contributed by atoms with E-state index in [1.54, 1.807) is 14.2 Å². The lowest BCUT2D eigenvalue weighted by molar-refractivity contribution is 0.121. The predicted molar refractivity (Wildman–Crippen MR) is 94.3 cm³/mol. The third kappa shape index (κ3) is 4.24. The fourth-order valence-electron chi connectivity index (χ4n) is 3.10. The molecule has 0 saturated carbocycles. The van der Waals surface area contributed by atoms with Crippen molar-refractivity contribution < 1.29 is 9.47 Å². The van der Waals surface area contributed by atoms with Gasteiger partial charge in [0, 0.05) is 57.2 Å². The van der Waals surface area contributed by atoms with Gasteiger partial charge in [-0.15, -0.1) is 0 Å². The Morgan fingerprint density at radius 2 is 1.54 bits per heavy atom. The first kappa shape index (κ1) is 16.7. The third-order valence-electron chi connectivity index (χ3n) is 4.50. The molecule has 1 aromatic carbocycles. The van der Waals surface area contributed by atoms with Crippen LogP contribution in [0.3, 0.4) is 0 Å². The molecule has 2 heterocycles. The van der Waals surface area contributed by atoms with Gasteiger partial charge in [-0.3, -0.25) is 14.8 Å². The van der Waals surface area contributed by atoms with E-state index in [4.69, 9.17) is 9.47 Å². The Balaban J connectivity index is 1.55. The van der Waals surface area contributed by atoms with Crippen molar-refractivity contribution in [1.29, 1.82) is 0 Å². The van der Waals surface area contributed by atoms with Crippen molar-refractivity contribution in [1.82, 2.24) is 14.8 Å². The zero-order valence-electron chi connectivity index (χ0n) is 14.4. The molecule has 1 saturated heterocycles. The van der Waals surface area contributed by atoms with Gasteiger partial charge in [0.1, 0.15) is 11.5 Å². The minimum absolute atomic E-state index is 0.877. The molecule has 1 fully saturated rings. The summed E-state index contributed by atoms with van der Waals surface area (Å²) in [4.78, 5) is 9.05. The molecule has 3 rings (SSSR count). The van der Waals surface area contributed by atoms with Crippen LogP contribution in [0.2, 0.25) is 0 Å². The molecule has 5 nitrogen and oxygen atoms in total. The number of benzene rings is 1. The van der Waals surface area contributed by atoms with Crippen LogP contribution in [0, 0.1) is 0 Å². The topological polar surface area (TPSA) is 37.8 Å². The average Bonchev–Trinajstić information content (AvgIpc) is 2.64. The summed E-state index contributed by atoms with van der Waals surface area (Å²) < 4.78 is 10.8. The lowest BCUT2D eigenvalue weighted by Gasteiger charge is -2.35. The first-order valence-electron chi connectivity index (χ1n) is 8.33. The first-order chi connectivity index (χ1) is 11.8. The van der Waals surface area contributed by atoms with E-state index in [1.807, 2.05) is 24.5 Å². The Bertz CT molecular complexity index is 640. The number of aromatic nitrogens is 1. The van der Waals surface area contributed by atoms with E-state index in [2.05, 4.69) is 33.0 Å². The fraction of sp³-hybridized carbons (Fsp3) is 0.421. The number of rotatable bonds is 6. The molecule has 0 bridgehead atoms. The quantitative estimate of drug-likeness (QED) is 0.814. The number of methoxy groups -OCH3 is 2. The van der Waals surface area contributed by atoms with E-state index in [0.29, 0.717) is 0 Å². The van der Waals surface area contributed by atoms with Gasteiger partial charge in [0.25, 0.3) is 0 Å². The molecule has 0 spiro atoms. The Kier molecular flexibility index (Phi) is 5.67. The normalized spacial score (nSPS) is 16.1. The van der Waals surface area contributed by atoms with Crippen molar-refractivity contribution in [3.05, 3.63) is 53.9 Å². The Hall–Kier alpha value is -2.11. The predicted octanol–water partition coefficient (Wildman–Crippen LogP) is 2.42. The summed E-state index contributed by atoms with van der Waals surface area (Å²) in [5.74, 6) is 1.80. The van der Waals surface area contributed by atoms with Gasteiger partial charge in [0.15, 0.2) is 0 Å². The van der Waals surface area contributed by atoms with Crippen molar-refractivity contribution in [2.24, 2.45) is 0 Å². The van der Waals surface area contributed by atoms with Crippen LogP contribution in [0.5, 0.6) is 11.5 Å². The maximum Gasteiger partial charge on any atom is 0.123 e. The summed E-state index contributed by atoms with van der Waals surface area (Å²) in [6, 6.07) is 10.2. The van der Waals surface area contributed by atoms with Gasteiger partial charge in [-0.05, 0) is 35.9 Å². The number of pyridine rings is 1. The molecule has 2 aromatic rings. The van der Waals surface area contributed by atoms with E-state index in [9.17, 15) is 0 Å². The average molecular weight is 327 g/mol. The van der Waals surface area contributed by atoms with E-state index in [1.165, 1.54) is 11.1 Å². The minimum Gasteiger partial charge on any atom is -0.497 e. The van der Waals surface area contributed by atoms with Crippen molar-refractivity contribution in [2.45, 2.75) is 13.1 Å². The summed E-state index contributed by atoms with van der Waals surface area (Å²) in [5.41, 5.74) is 2.51. The number of ether oxygens (including phenoxy) is 2. The summed E-state index contributed by atoms with van der Waals surface area (Å²) in [7, 11) is 3.42. The van der Waals surface area contributed by atoms with Crippen molar-refractivity contribution in [3.63, 3.8) is 0 Å². The van der Waals surface area contributed by atoms with Crippen LogP contribution in [-0.4, -0.2) is 55.2 Å². The van der Waals surface area contributed by atoms with E-state index in [0.717, 1.165) is 50.8 Å². The van der Waals surface area contributed by atoms with Gasteiger partial charge >= 0.3 is 0 Å². The number of hydrogen-bond donors (Lipinski definition) is 0. The molecule has 1 aliphatic rings. The molecule has 128 valence electrons. The highest BCUT2D eigenvalue weighted by Gasteiger charge is 2.18. The molecular weight excluding hydrogens is 302 g/mol. The second-order valence-electron chi connectivity index (χ2n) is 6.09. The van der Waals surface area contributed by atoms with E-state index >= 15 is 0 Å². The second kappa shape index (κ2) is 8.13. The van der Waals surface area contributed by atoms with Crippen LogP contribution in [0.1, 0.15) is 11.1 Å². The lowest BCUT2D eigenvalue weighted by Crippen LogP contribution is -2.45. The molecule has 0 amide bonds. The van der Waals surface area contributed by atoms with E-state index < -0.39 is 0 Å². The summed E-state index contributed by atoms with van der Waals surface area (Å²) >= 11 is 0. The van der Waals surface area contributed by atoms with Crippen LogP contribution in [-0.2, 0) is 13.1 Å². The van der Waals surface area contributed by atoms with Gasteiger partial charge < -0.3 is 9.47 Å². The highest BCUT2D eigenvalue weighted by atomic mass is 16.5. The van der Waals surface area contributed by atoms with Gasteiger partial charge in [-0.1, -0.05) is 0 Å². The summed E-state index contributed by atoms with van der Waals surface area (Å²) in [5, 5.41) is 0. The van der Waals surface area contributed by atoms with Gasteiger partial charge in [-0.25, -0.2) is 0 Å². The molecule has 5 heteroatoms. The highest BCUT2D eigenvalue weighted by Crippen LogP contribution is 2.25. The lowest BCUT2D eigenvalue weighted by atomic mass is 10.1. The monoisotopic (exact) mass is 327 g/mol. The van der Waals surface area contributed by atoms with Gasteiger partial charge in [0.2, 0.25) is 0 Å². The maximum atomic E-state index is 5.49. The number of piperazine rings is 1. The Morgan fingerprint density at radius 3 is 2.17 bits per heavy atom. The van der Waals surface area contributed by atoms with Crippen LogP contribution < -0.4 is 9.47 Å². The number of nitrogens with zero attached hydrogens (tertiary/aromatic N) is 3. The molecular formula is C19H25N3O2. The van der Waals surface area contributed by atoms with E-state index in [-0.39, 0.29) is 0 Å². The summed E-state index contributed by atoms with van der Waals surface area (Å²) in [6.07, 6.45) is 3.72. The second-order valence-corrected chi connectivity index (χ2v) is 6.09. The van der Waals surface area contributed by atoms with Crippen molar-refractivity contribution in [3.8, 4) is 11.5 Å². The highest BCUT2D eigenvalue weighted by molar-refractivity contribution is 5.40. The van der Waals surface area contributed by atoms with Gasteiger partial charge in [-0.2, -0.15) is 0 Å². The zero-order chi connectivity index (χ0) is 16.8. The van der Waals surface area contributed by atoms with Gasteiger partial charge in [0.05, 0.1) is 14.2 Å². The summed E-state index contributed by atoms with van der Waals surface area (Å²) in [6.45, 7) is 6.17. The van der Waals surface area contributed by atoms with Crippen LogP contribution in [0.15, 0.2) is 42.7 Å². The Labute approximate surface area is 143 Å². The molecule has 0 atom stereocenters. The molecule has 0 aliphatic carbocycles. The first-order valence-corrected chi connectivity index (χ1v) is 8.33. The van der Waals surface area contributed by atoms with Crippen LogP contribution >= 0.6 is 0 Å². The van der Waals surface area contributed by atoms with Crippen LogP contribution in [0.25, 0.3) is 0 Å². The third-order valence-corrected chi connectivity index (χ3v) is 4.50. The number of hydrogen-bond acceptors (Lipinski definition) is 5. The fourth-order valence-corrected chi connectivity index (χ4v) is 3.10. The van der Waals surface area contributed by atoms with Crippen molar-refractivity contribution in [2.75, 3.05) is 40.4 Å². The molecule has 24 heavy (non-hydrogen) atoms. The van der Waals surface area contributed by atoms with Crippen LogP contribution in [0.4, 0.5) is 0 Å². The molecule has 0 N–H and O–H groups in total. The molecule has 0 unspecified atom stereocenters. The van der Waals surface area contributed by atoms with Crippen molar-refractivity contribution >= 4 is 0 Å². The minimum atomic E-state index is 0.877. The maximum absolute atomic E-state index is 5.49. The SMILES string of the molecule is COc1ccc(OC)c(CN2CCN(Cc3ccncc3)CC2)c1.